The zero-order valence-electron chi connectivity index (χ0n) is 11.7. The van der Waals surface area contributed by atoms with Gasteiger partial charge in [-0.3, -0.25) is 0 Å². The molecule has 0 rings (SSSR count). The van der Waals surface area contributed by atoms with E-state index < -0.39 is 11.9 Å². The molecule has 0 aliphatic heterocycles. The number of hydrogen-bond acceptors (Lipinski definition) is 7. The van der Waals surface area contributed by atoms with Crippen LogP contribution in [0.25, 0.3) is 0 Å². The van der Waals surface area contributed by atoms with Crippen LogP contribution in [0.2, 0.25) is 0 Å². The van der Waals surface area contributed by atoms with E-state index in [4.69, 9.17) is 4.74 Å². The monoisotopic (exact) mass is 292 g/mol. The minimum absolute atomic E-state index is 0. The molecule has 0 saturated carbocycles. The van der Waals surface area contributed by atoms with Crippen LogP contribution in [-0.4, -0.2) is 51.3 Å². The van der Waals surface area contributed by atoms with Crippen LogP contribution in [-0.2, 0) is 14.3 Å². The van der Waals surface area contributed by atoms with Gasteiger partial charge in [0.25, 0.3) is 0 Å². The van der Waals surface area contributed by atoms with E-state index in [-0.39, 0.29) is 78.6 Å². The maximum atomic E-state index is 10.1. The van der Waals surface area contributed by atoms with Gasteiger partial charge in [-0.25, -0.2) is 0 Å². The fraction of sp³-hybridized carbons (Fsp3) is 0.800. The van der Waals surface area contributed by atoms with Crippen molar-refractivity contribution in [1.82, 2.24) is 10.6 Å². The number of carbonyl (C=O) groups is 2. The van der Waals surface area contributed by atoms with Crippen molar-refractivity contribution in [3.63, 3.8) is 0 Å². The second kappa shape index (κ2) is 18.8. The Kier molecular flexibility index (Phi) is 24.6. The Morgan fingerprint density at radius 3 is 1.84 bits per heavy atom. The molecule has 0 saturated heterocycles. The van der Waals surface area contributed by atoms with Gasteiger partial charge in [-0.1, -0.05) is 0 Å². The van der Waals surface area contributed by atoms with Gasteiger partial charge in [0.1, 0.15) is 0 Å². The molecule has 2 N–H and O–H groups in total. The quantitative estimate of drug-likeness (QED) is 0.271. The molecule has 0 aliphatic carbocycles. The van der Waals surface area contributed by atoms with Gasteiger partial charge in [0.2, 0.25) is 0 Å². The molecule has 19 heavy (non-hydrogen) atoms. The molecule has 0 radical (unpaired) electrons. The predicted octanol–water partition coefficient (Wildman–Crippen LogP) is -9.53. The Bertz CT molecular complexity index is 210. The Labute approximate surface area is 157 Å². The maximum absolute atomic E-state index is 10.1. The summed E-state index contributed by atoms with van der Waals surface area (Å²) in [5, 5.41) is 26.0. The Hall–Kier alpha value is 0.820. The van der Waals surface area contributed by atoms with E-state index in [2.05, 4.69) is 10.6 Å². The molecule has 0 heterocycles. The van der Waals surface area contributed by atoms with Gasteiger partial charge in [-0.05, 0) is 6.42 Å². The summed E-state index contributed by atoms with van der Waals surface area (Å²) in [6, 6.07) is 0. The summed E-state index contributed by atoms with van der Waals surface area (Å²) >= 11 is 0. The summed E-state index contributed by atoms with van der Waals surface area (Å²) in [5.74, 6) is -2.18. The van der Waals surface area contributed by atoms with Crippen LogP contribution in [0.1, 0.15) is 12.8 Å². The molecule has 0 aromatic carbocycles. The van der Waals surface area contributed by atoms with Crippen LogP contribution in [0.3, 0.4) is 0 Å². The summed E-state index contributed by atoms with van der Waals surface area (Å²) in [7, 11) is 0. The van der Waals surface area contributed by atoms with Crippen LogP contribution in [0, 0.1) is 0 Å². The van der Waals surface area contributed by atoms with Crippen molar-refractivity contribution in [3.05, 3.63) is 0 Å². The average molecular weight is 292 g/mol. The van der Waals surface area contributed by atoms with E-state index in [0.29, 0.717) is 32.8 Å². The molecule has 0 unspecified atom stereocenters. The van der Waals surface area contributed by atoms with E-state index in [1.807, 2.05) is 0 Å². The van der Waals surface area contributed by atoms with Crippen LogP contribution in [0.15, 0.2) is 0 Å². The second-order valence-corrected chi connectivity index (χ2v) is 3.36. The first-order chi connectivity index (χ1) is 8.13. The van der Waals surface area contributed by atoms with Gasteiger partial charge in [0.05, 0.1) is 13.2 Å². The van der Waals surface area contributed by atoms with Crippen LogP contribution in [0.5, 0.6) is 0 Å². The first-order valence-corrected chi connectivity index (χ1v) is 5.52. The minimum Gasteiger partial charge on any atom is -0.550 e. The average Bonchev–Trinajstić information content (AvgIpc) is 2.25. The second-order valence-electron chi connectivity index (χ2n) is 3.36. The van der Waals surface area contributed by atoms with Crippen molar-refractivity contribution in [2.24, 2.45) is 0 Å². The normalized spacial score (nSPS) is 9.26. The van der Waals surface area contributed by atoms with Crippen LogP contribution >= 0.6 is 0 Å². The van der Waals surface area contributed by atoms with Crippen molar-refractivity contribution >= 4 is 11.9 Å². The molecule has 0 aromatic rings. The molecule has 0 spiro atoms. The molecule has 0 fully saturated rings. The van der Waals surface area contributed by atoms with Gasteiger partial charge >= 0.3 is 59.1 Å². The Morgan fingerprint density at radius 2 is 1.32 bits per heavy atom. The number of nitrogens with one attached hydrogen (secondary N) is 2. The van der Waals surface area contributed by atoms with Gasteiger partial charge in [0.15, 0.2) is 0 Å². The molecule has 9 heteroatoms. The summed E-state index contributed by atoms with van der Waals surface area (Å²) < 4.78 is 5.01. The molecular weight excluding hydrogens is 274 g/mol. The first kappa shape index (κ1) is 24.8. The number of carbonyl (C=O) groups excluding carboxylic acids is 2. The summed E-state index contributed by atoms with van der Waals surface area (Å²) in [4.78, 5) is 20.1. The SMILES string of the molecule is O=C([O-])CCNCCNCCOCCC(=O)[O-].[Na+].[Na+]. The zero-order valence-corrected chi connectivity index (χ0v) is 15.7. The van der Waals surface area contributed by atoms with Crippen LogP contribution < -0.4 is 80.0 Å². The molecule has 0 bridgehead atoms. The fourth-order valence-electron chi connectivity index (χ4n) is 1.02. The van der Waals surface area contributed by atoms with Crippen molar-refractivity contribution in [2.45, 2.75) is 12.8 Å². The molecule has 7 nitrogen and oxygen atoms in total. The number of hydrogen-bond donors (Lipinski definition) is 2. The van der Waals surface area contributed by atoms with Gasteiger partial charge < -0.3 is 35.2 Å². The third-order valence-electron chi connectivity index (χ3n) is 1.86. The van der Waals surface area contributed by atoms with Crippen molar-refractivity contribution < 1.29 is 83.7 Å². The summed E-state index contributed by atoms with van der Waals surface area (Å²) in [5.41, 5.74) is 0. The molecular formula is C10H18N2Na2O5. The van der Waals surface area contributed by atoms with Crippen LogP contribution in [0.4, 0.5) is 0 Å². The van der Waals surface area contributed by atoms with E-state index in [1.54, 1.807) is 0 Å². The van der Waals surface area contributed by atoms with Crippen molar-refractivity contribution in [3.8, 4) is 0 Å². The van der Waals surface area contributed by atoms with Gasteiger partial charge in [0, 0.05) is 44.5 Å². The number of rotatable bonds is 12. The molecule has 100 valence electrons. The number of aliphatic carboxylic acids is 2. The number of ether oxygens (including phenoxy) is 1. The van der Waals surface area contributed by atoms with E-state index in [0.717, 1.165) is 0 Å². The van der Waals surface area contributed by atoms with E-state index in [1.165, 1.54) is 0 Å². The Balaban J connectivity index is -0.00000128. The van der Waals surface area contributed by atoms with Crippen molar-refractivity contribution in [2.75, 3.05) is 39.4 Å². The molecule has 0 amide bonds. The first-order valence-electron chi connectivity index (χ1n) is 5.52. The Morgan fingerprint density at radius 1 is 0.789 bits per heavy atom. The maximum Gasteiger partial charge on any atom is 1.00 e. The predicted molar refractivity (Wildman–Crippen MR) is 55.8 cm³/mol. The third-order valence-corrected chi connectivity index (χ3v) is 1.86. The standard InChI is InChI=1S/C10H20N2O5.2Na/c13-9(14)1-3-11-4-5-12-6-8-17-7-2-10(15)16;;/h11-12H,1-8H2,(H,13,14)(H,15,16);;/q;2*+1/p-2. The molecule has 0 aliphatic rings. The summed E-state index contributed by atoms with van der Waals surface area (Å²) in [6.07, 6.45) is -0.0862. The van der Waals surface area contributed by atoms with Crippen molar-refractivity contribution in [1.29, 1.82) is 0 Å². The van der Waals surface area contributed by atoms with Gasteiger partial charge in [-0.2, -0.15) is 0 Å². The van der Waals surface area contributed by atoms with E-state index >= 15 is 0 Å². The topological polar surface area (TPSA) is 114 Å². The third kappa shape index (κ3) is 24.2. The number of carboxylic acid groups (broad SMARTS) is 2. The molecule has 0 aromatic heterocycles. The fourth-order valence-corrected chi connectivity index (χ4v) is 1.02. The molecule has 0 atom stereocenters. The number of carboxylic acids is 2. The largest absolute Gasteiger partial charge is 1.00 e. The van der Waals surface area contributed by atoms with E-state index in [9.17, 15) is 19.8 Å². The zero-order chi connectivity index (χ0) is 12.9. The van der Waals surface area contributed by atoms with Gasteiger partial charge in [-0.15, -0.1) is 0 Å². The summed E-state index contributed by atoms with van der Waals surface area (Å²) in [6.45, 7) is 2.96. The minimum atomic E-state index is -1.12. The smallest absolute Gasteiger partial charge is 0.550 e.